The molecule has 0 atom stereocenters. The third-order valence-electron chi connectivity index (χ3n) is 3.73. The predicted molar refractivity (Wildman–Crippen MR) is 101 cm³/mol. The minimum atomic E-state index is -0.162. The summed E-state index contributed by atoms with van der Waals surface area (Å²) >= 11 is 1.34. The lowest BCUT2D eigenvalue weighted by Crippen LogP contribution is -2.09. The molecule has 1 aromatic carbocycles. The summed E-state index contributed by atoms with van der Waals surface area (Å²) in [5, 5.41) is 4.55. The van der Waals surface area contributed by atoms with Crippen LogP contribution in [0.3, 0.4) is 0 Å². The van der Waals surface area contributed by atoms with Gasteiger partial charge in [-0.1, -0.05) is 30.3 Å². The van der Waals surface area contributed by atoms with E-state index in [4.69, 9.17) is 14.0 Å². The zero-order valence-corrected chi connectivity index (χ0v) is 16.1. The normalized spacial score (nSPS) is 10.8. The van der Waals surface area contributed by atoms with Crippen molar-refractivity contribution >= 4 is 11.8 Å². The third-order valence-corrected chi connectivity index (χ3v) is 4.59. The Morgan fingerprint density at radius 1 is 1.19 bits per heavy atom. The van der Waals surface area contributed by atoms with Crippen molar-refractivity contribution in [1.29, 1.82) is 0 Å². The summed E-state index contributed by atoms with van der Waals surface area (Å²) in [7, 11) is 3.16. The smallest absolute Gasteiger partial charge is 0.251 e. The minimum absolute atomic E-state index is 0.162. The summed E-state index contributed by atoms with van der Waals surface area (Å²) in [4.78, 5) is 23.3. The van der Waals surface area contributed by atoms with Gasteiger partial charge in [-0.2, -0.15) is 4.98 Å². The number of methoxy groups -OCH3 is 2. The van der Waals surface area contributed by atoms with E-state index in [0.717, 1.165) is 18.5 Å². The van der Waals surface area contributed by atoms with Crippen molar-refractivity contribution in [2.75, 3.05) is 14.2 Å². The van der Waals surface area contributed by atoms with Crippen LogP contribution in [0, 0.1) is 0 Å². The van der Waals surface area contributed by atoms with Gasteiger partial charge in [0.25, 0.3) is 5.56 Å². The molecule has 0 radical (unpaired) electrons. The second-order valence-electron chi connectivity index (χ2n) is 5.66. The summed E-state index contributed by atoms with van der Waals surface area (Å²) in [5.41, 5.74) is 1.32. The fraction of sp³-hybridized carbons (Fsp3) is 0.333. The molecular formula is C18H20N4O4S. The molecule has 0 bridgehead atoms. The van der Waals surface area contributed by atoms with E-state index in [2.05, 4.69) is 20.1 Å². The van der Waals surface area contributed by atoms with Crippen molar-refractivity contribution in [1.82, 2.24) is 20.1 Å². The number of aromatic nitrogens is 4. The Morgan fingerprint density at radius 3 is 2.78 bits per heavy atom. The molecule has 9 heteroatoms. The SMILES string of the molecule is CCCc1cc(=O)[nH]c(SCc2nc(-c3ccc(OC)cc3OC)no2)n1. The molecule has 8 nitrogen and oxygen atoms in total. The number of rotatable bonds is 8. The maximum atomic E-state index is 11.7. The monoisotopic (exact) mass is 388 g/mol. The van der Waals surface area contributed by atoms with Gasteiger partial charge >= 0.3 is 0 Å². The highest BCUT2D eigenvalue weighted by Gasteiger charge is 2.15. The third kappa shape index (κ3) is 4.68. The van der Waals surface area contributed by atoms with Crippen LogP contribution in [0.15, 0.2) is 38.7 Å². The Bertz CT molecular complexity index is 970. The molecule has 27 heavy (non-hydrogen) atoms. The topological polar surface area (TPSA) is 103 Å². The minimum Gasteiger partial charge on any atom is -0.497 e. The van der Waals surface area contributed by atoms with Gasteiger partial charge in [-0.05, 0) is 18.6 Å². The van der Waals surface area contributed by atoms with Crippen molar-refractivity contribution in [2.45, 2.75) is 30.7 Å². The highest BCUT2D eigenvalue weighted by Crippen LogP contribution is 2.32. The molecule has 3 aromatic rings. The van der Waals surface area contributed by atoms with Gasteiger partial charge in [0.1, 0.15) is 11.5 Å². The van der Waals surface area contributed by atoms with Crippen LogP contribution < -0.4 is 15.0 Å². The van der Waals surface area contributed by atoms with Crippen LogP contribution in [0.25, 0.3) is 11.4 Å². The summed E-state index contributed by atoms with van der Waals surface area (Å²) < 4.78 is 15.9. The number of hydrogen-bond donors (Lipinski definition) is 1. The van der Waals surface area contributed by atoms with E-state index in [1.807, 2.05) is 13.0 Å². The maximum absolute atomic E-state index is 11.7. The molecule has 2 heterocycles. The Labute approximate surface area is 160 Å². The quantitative estimate of drug-likeness (QED) is 0.464. The lowest BCUT2D eigenvalue weighted by atomic mass is 10.2. The molecule has 0 aliphatic heterocycles. The Morgan fingerprint density at radius 2 is 2.04 bits per heavy atom. The average molecular weight is 388 g/mol. The van der Waals surface area contributed by atoms with E-state index in [9.17, 15) is 4.79 Å². The number of nitrogens with one attached hydrogen (secondary N) is 1. The highest BCUT2D eigenvalue weighted by molar-refractivity contribution is 7.98. The molecule has 0 aliphatic rings. The van der Waals surface area contributed by atoms with Crippen LogP contribution in [0.2, 0.25) is 0 Å². The zero-order chi connectivity index (χ0) is 19.2. The second-order valence-corrected chi connectivity index (χ2v) is 6.62. The van der Waals surface area contributed by atoms with Gasteiger partial charge in [0.2, 0.25) is 11.7 Å². The number of nitrogens with zero attached hydrogens (tertiary/aromatic N) is 3. The van der Waals surface area contributed by atoms with Crippen LogP contribution in [0.1, 0.15) is 24.9 Å². The first-order chi connectivity index (χ1) is 13.1. The second kappa shape index (κ2) is 8.72. The van der Waals surface area contributed by atoms with E-state index in [0.29, 0.717) is 39.7 Å². The van der Waals surface area contributed by atoms with E-state index in [1.54, 1.807) is 26.4 Å². The van der Waals surface area contributed by atoms with Crippen molar-refractivity contribution in [3.8, 4) is 22.9 Å². The number of ether oxygens (including phenoxy) is 2. The lowest BCUT2D eigenvalue weighted by Gasteiger charge is -2.07. The van der Waals surface area contributed by atoms with Gasteiger partial charge in [-0.25, -0.2) is 4.98 Å². The average Bonchev–Trinajstić information content (AvgIpc) is 3.14. The van der Waals surface area contributed by atoms with E-state index in [-0.39, 0.29) is 5.56 Å². The van der Waals surface area contributed by atoms with Crippen molar-refractivity contribution in [2.24, 2.45) is 0 Å². The fourth-order valence-corrected chi connectivity index (χ4v) is 3.20. The van der Waals surface area contributed by atoms with Gasteiger partial charge in [-0.15, -0.1) is 0 Å². The van der Waals surface area contributed by atoms with E-state index in [1.165, 1.54) is 17.8 Å². The molecule has 0 saturated heterocycles. The molecule has 3 rings (SSSR count). The Kier molecular flexibility index (Phi) is 6.12. The zero-order valence-electron chi connectivity index (χ0n) is 15.3. The van der Waals surface area contributed by atoms with Crippen molar-refractivity contribution in [3.05, 3.63) is 46.2 Å². The number of aryl methyl sites for hydroxylation is 1. The van der Waals surface area contributed by atoms with Gasteiger partial charge in [-0.3, -0.25) is 4.79 Å². The number of aromatic amines is 1. The standard InChI is InChI=1S/C18H20N4O4S/c1-4-5-11-8-15(23)20-18(19-11)27-10-16-21-17(22-26-16)13-7-6-12(24-2)9-14(13)25-3/h6-9H,4-5,10H2,1-3H3,(H,19,20,23). The molecular weight excluding hydrogens is 368 g/mol. The Hall–Kier alpha value is -2.81. The predicted octanol–water partition coefficient (Wildman–Crippen LogP) is 3.08. The molecule has 0 fully saturated rings. The fourth-order valence-electron chi connectivity index (χ4n) is 2.47. The van der Waals surface area contributed by atoms with Crippen LogP contribution in [-0.2, 0) is 12.2 Å². The molecule has 1 N–H and O–H groups in total. The van der Waals surface area contributed by atoms with Crippen LogP contribution >= 0.6 is 11.8 Å². The molecule has 0 spiro atoms. The number of hydrogen-bond acceptors (Lipinski definition) is 8. The van der Waals surface area contributed by atoms with Gasteiger partial charge in [0.15, 0.2) is 5.16 Å². The molecule has 142 valence electrons. The van der Waals surface area contributed by atoms with E-state index >= 15 is 0 Å². The van der Waals surface area contributed by atoms with Gasteiger partial charge in [0, 0.05) is 17.8 Å². The number of thioether (sulfide) groups is 1. The summed E-state index contributed by atoms with van der Waals surface area (Å²) in [6.45, 7) is 2.04. The first-order valence-electron chi connectivity index (χ1n) is 8.41. The summed E-state index contributed by atoms with van der Waals surface area (Å²) in [6, 6.07) is 6.89. The summed E-state index contributed by atoms with van der Waals surface area (Å²) in [5.74, 6) is 2.51. The van der Waals surface area contributed by atoms with Crippen molar-refractivity contribution < 1.29 is 14.0 Å². The highest BCUT2D eigenvalue weighted by atomic mass is 32.2. The molecule has 0 saturated carbocycles. The summed E-state index contributed by atoms with van der Waals surface area (Å²) in [6.07, 6.45) is 1.69. The largest absolute Gasteiger partial charge is 0.497 e. The molecule has 0 unspecified atom stereocenters. The number of benzene rings is 1. The van der Waals surface area contributed by atoms with Crippen LogP contribution in [0.5, 0.6) is 11.5 Å². The Balaban J connectivity index is 1.75. The van der Waals surface area contributed by atoms with Gasteiger partial charge in [0.05, 0.1) is 25.5 Å². The molecule has 0 amide bonds. The van der Waals surface area contributed by atoms with Crippen LogP contribution in [-0.4, -0.2) is 34.3 Å². The maximum Gasteiger partial charge on any atom is 0.251 e. The van der Waals surface area contributed by atoms with Crippen LogP contribution in [0.4, 0.5) is 0 Å². The first-order valence-corrected chi connectivity index (χ1v) is 9.39. The molecule has 2 aromatic heterocycles. The van der Waals surface area contributed by atoms with Gasteiger partial charge < -0.3 is 19.0 Å². The first kappa shape index (κ1) is 19.0. The lowest BCUT2D eigenvalue weighted by molar-refractivity contribution is 0.388. The van der Waals surface area contributed by atoms with E-state index < -0.39 is 0 Å². The van der Waals surface area contributed by atoms with Crippen molar-refractivity contribution in [3.63, 3.8) is 0 Å². The number of H-pyrrole nitrogens is 1. The molecule has 0 aliphatic carbocycles.